The maximum absolute atomic E-state index is 13.0. The van der Waals surface area contributed by atoms with E-state index in [-0.39, 0.29) is 11.3 Å². The van der Waals surface area contributed by atoms with E-state index in [1.165, 1.54) is 12.1 Å². The number of benzene rings is 1. The first kappa shape index (κ1) is 10.9. The van der Waals surface area contributed by atoms with E-state index < -0.39 is 11.6 Å². The van der Waals surface area contributed by atoms with Gasteiger partial charge >= 0.3 is 0 Å². The highest BCUT2D eigenvalue weighted by molar-refractivity contribution is 6.21. The Morgan fingerprint density at radius 1 is 1.07 bits per heavy atom. The summed E-state index contributed by atoms with van der Waals surface area (Å²) in [5, 5.41) is 0.0589. The Kier molecular flexibility index (Phi) is 3.25. The molecule has 0 spiro atoms. The van der Waals surface area contributed by atoms with Gasteiger partial charge in [0.25, 0.3) is 0 Å². The molecule has 0 heterocycles. The molecule has 1 aliphatic carbocycles. The molecule has 0 bridgehead atoms. The van der Waals surface area contributed by atoms with Crippen LogP contribution in [0.1, 0.15) is 37.2 Å². The van der Waals surface area contributed by atoms with Gasteiger partial charge in [-0.1, -0.05) is 18.9 Å². The van der Waals surface area contributed by atoms with Crippen molar-refractivity contribution in [2.45, 2.75) is 37.0 Å². The van der Waals surface area contributed by atoms with Crippen LogP contribution >= 0.6 is 11.6 Å². The summed E-state index contributed by atoms with van der Waals surface area (Å²) in [7, 11) is 0. The van der Waals surface area contributed by atoms with Gasteiger partial charge in [-0.3, -0.25) is 0 Å². The second-order valence-corrected chi connectivity index (χ2v) is 4.64. The van der Waals surface area contributed by atoms with E-state index >= 15 is 0 Å². The lowest BCUT2D eigenvalue weighted by Crippen LogP contribution is -2.17. The van der Waals surface area contributed by atoms with E-state index in [4.69, 9.17) is 11.6 Å². The Hall–Kier alpha value is -0.630. The molecule has 0 aliphatic heterocycles. The van der Waals surface area contributed by atoms with Crippen molar-refractivity contribution < 1.29 is 8.78 Å². The van der Waals surface area contributed by atoms with Crippen LogP contribution in [-0.4, -0.2) is 5.38 Å². The molecule has 0 aromatic heterocycles. The van der Waals surface area contributed by atoms with Crippen LogP contribution in [0.3, 0.4) is 0 Å². The van der Waals surface area contributed by atoms with Gasteiger partial charge in [-0.25, -0.2) is 8.78 Å². The molecule has 82 valence electrons. The van der Waals surface area contributed by atoms with E-state index in [1.54, 1.807) is 6.07 Å². The summed E-state index contributed by atoms with van der Waals surface area (Å²) in [6, 6.07) is 4.10. The summed E-state index contributed by atoms with van der Waals surface area (Å²) in [6.07, 6.45) is 4.19. The lowest BCUT2D eigenvalue weighted by atomic mass is 9.83. The summed E-state index contributed by atoms with van der Waals surface area (Å²) in [4.78, 5) is 0. The lowest BCUT2D eigenvalue weighted by molar-refractivity contribution is 0.445. The minimum absolute atomic E-state index is 0.0589. The molecule has 1 aliphatic rings. The molecule has 0 nitrogen and oxygen atoms in total. The predicted octanol–water partition coefficient (Wildman–Crippen LogP) is 4.23. The largest absolute Gasteiger partial charge is 0.204 e. The fourth-order valence-electron chi connectivity index (χ4n) is 2.20. The predicted molar refractivity (Wildman–Crippen MR) is 57.2 cm³/mol. The van der Waals surface area contributed by atoms with Crippen LogP contribution in [0.15, 0.2) is 18.2 Å². The number of alkyl halides is 1. The Balaban J connectivity index is 2.24. The number of halogens is 3. The maximum Gasteiger partial charge on any atom is 0.159 e. The molecule has 3 heteroatoms. The Labute approximate surface area is 93.2 Å². The first-order chi connectivity index (χ1) is 7.18. The van der Waals surface area contributed by atoms with Crippen LogP contribution in [0.25, 0.3) is 0 Å². The van der Waals surface area contributed by atoms with Crippen LogP contribution in [-0.2, 0) is 0 Å². The summed E-state index contributed by atoms with van der Waals surface area (Å²) in [5.41, 5.74) is 0.827. The van der Waals surface area contributed by atoms with Crippen molar-refractivity contribution in [2.75, 3.05) is 0 Å². The zero-order valence-corrected chi connectivity index (χ0v) is 9.11. The van der Waals surface area contributed by atoms with Crippen molar-refractivity contribution in [1.82, 2.24) is 0 Å². The first-order valence-electron chi connectivity index (χ1n) is 5.27. The van der Waals surface area contributed by atoms with Gasteiger partial charge in [0.05, 0.1) is 0 Å². The van der Waals surface area contributed by atoms with Crippen LogP contribution in [0.5, 0.6) is 0 Å². The van der Waals surface area contributed by atoms with Gasteiger partial charge in [-0.2, -0.15) is 0 Å². The molecular weight excluding hydrogens is 218 g/mol. The average molecular weight is 231 g/mol. The van der Waals surface area contributed by atoms with Gasteiger partial charge in [0.15, 0.2) is 11.6 Å². The van der Waals surface area contributed by atoms with Gasteiger partial charge in [0.2, 0.25) is 0 Å². The van der Waals surface area contributed by atoms with Crippen molar-refractivity contribution in [3.8, 4) is 0 Å². The van der Waals surface area contributed by atoms with Gasteiger partial charge in [-0.15, -0.1) is 11.6 Å². The molecule has 1 aromatic carbocycles. The number of rotatable bonds is 1. The van der Waals surface area contributed by atoms with E-state index in [2.05, 4.69) is 0 Å². The van der Waals surface area contributed by atoms with Gasteiger partial charge < -0.3 is 0 Å². The molecular formula is C12H13ClF2. The highest BCUT2D eigenvalue weighted by atomic mass is 35.5. The molecule has 2 atom stereocenters. The highest BCUT2D eigenvalue weighted by Crippen LogP contribution is 2.36. The molecule has 0 saturated heterocycles. The fraction of sp³-hybridized carbons (Fsp3) is 0.500. The summed E-state index contributed by atoms with van der Waals surface area (Å²) >= 11 is 6.19. The van der Waals surface area contributed by atoms with E-state index in [0.29, 0.717) is 0 Å². The minimum Gasteiger partial charge on any atom is -0.204 e. The normalized spacial score (nSPS) is 26.6. The van der Waals surface area contributed by atoms with E-state index in [1.807, 2.05) is 0 Å². The maximum atomic E-state index is 13.0. The van der Waals surface area contributed by atoms with Crippen molar-refractivity contribution in [1.29, 1.82) is 0 Å². The Morgan fingerprint density at radius 2 is 1.80 bits per heavy atom. The standard InChI is InChI=1S/C12H13ClF2/c13-10-4-2-1-3-9(10)8-5-6-11(14)12(15)7-8/h5-7,9-10H,1-4H2. The third-order valence-corrected chi connectivity index (χ3v) is 3.58. The molecule has 2 rings (SSSR count). The van der Waals surface area contributed by atoms with Crippen LogP contribution in [0.4, 0.5) is 8.78 Å². The molecule has 0 N–H and O–H groups in total. The molecule has 1 aromatic rings. The van der Waals surface area contributed by atoms with Crippen molar-refractivity contribution >= 4 is 11.6 Å². The molecule has 15 heavy (non-hydrogen) atoms. The molecule has 1 saturated carbocycles. The summed E-state index contributed by atoms with van der Waals surface area (Å²) in [6.45, 7) is 0. The van der Waals surface area contributed by atoms with Gasteiger partial charge in [0.1, 0.15) is 0 Å². The van der Waals surface area contributed by atoms with Crippen molar-refractivity contribution in [3.05, 3.63) is 35.4 Å². The Bertz CT molecular complexity index is 351. The van der Waals surface area contributed by atoms with Crippen LogP contribution in [0.2, 0.25) is 0 Å². The molecule has 0 radical (unpaired) electrons. The van der Waals surface area contributed by atoms with Gasteiger partial charge in [0, 0.05) is 11.3 Å². The third-order valence-electron chi connectivity index (χ3n) is 3.05. The quantitative estimate of drug-likeness (QED) is 0.634. The highest BCUT2D eigenvalue weighted by Gasteiger charge is 2.25. The Morgan fingerprint density at radius 3 is 2.47 bits per heavy atom. The zero-order valence-electron chi connectivity index (χ0n) is 8.35. The molecule has 1 fully saturated rings. The van der Waals surface area contributed by atoms with E-state index in [9.17, 15) is 8.78 Å². The summed E-state index contributed by atoms with van der Waals surface area (Å²) < 4.78 is 25.8. The SMILES string of the molecule is Fc1ccc(C2CCCCC2Cl)cc1F. The molecule has 2 unspecified atom stereocenters. The van der Waals surface area contributed by atoms with Crippen molar-refractivity contribution in [3.63, 3.8) is 0 Å². The number of hydrogen-bond donors (Lipinski definition) is 0. The van der Waals surface area contributed by atoms with Crippen LogP contribution < -0.4 is 0 Å². The second kappa shape index (κ2) is 4.48. The topological polar surface area (TPSA) is 0 Å². The lowest BCUT2D eigenvalue weighted by Gasteiger charge is -2.27. The first-order valence-corrected chi connectivity index (χ1v) is 5.71. The van der Waals surface area contributed by atoms with Crippen LogP contribution in [0, 0.1) is 11.6 Å². The second-order valence-electron chi connectivity index (χ2n) is 4.08. The van der Waals surface area contributed by atoms with Crippen molar-refractivity contribution in [2.24, 2.45) is 0 Å². The zero-order chi connectivity index (χ0) is 10.8. The number of hydrogen-bond acceptors (Lipinski definition) is 0. The summed E-state index contributed by atoms with van der Waals surface area (Å²) in [5.74, 6) is -1.39. The third kappa shape index (κ3) is 2.31. The molecule has 0 amide bonds. The minimum atomic E-state index is -0.791. The van der Waals surface area contributed by atoms with Gasteiger partial charge in [-0.05, 0) is 30.5 Å². The smallest absolute Gasteiger partial charge is 0.159 e. The fourth-order valence-corrected chi connectivity index (χ4v) is 2.63. The monoisotopic (exact) mass is 230 g/mol. The average Bonchev–Trinajstić information content (AvgIpc) is 2.23. The van der Waals surface area contributed by atoms with E-state index in [0.717, 1.165) is 31.2 Å².